The summed E-state index contributed by atoms with van der Waals surface area (Å²) in [5, 5.41) is 36.1. The predicted octanol–water partition coefficient (Wildman–Crippen LogP) is -3.59. The van der Waals surface area contributed by atoms with Crippen LogP contribution in [0.15, 0.2) is 0 Å². The number of rotatable bonds is 5. The highest BCUT2D eigenvalue weighted by Gasteiger charge is 2.23. The number of hydrogen-bond acceptors (Lipinski definition) is 6. The minimum atomic E-state index is -1.79. The normalized spacial score (nSPS) is 17.9. The maximum absolute atomic E-state index is 9.87. The second kappa shape index (κ2) is 4.81. The van der Waals surface area contributed by atoms with Crippen LogP contribution in [0.4, 0.5) is 0 Å². The third-order valence-corrected chi connectivity index (χ3v) is 1.26. The van der Waals surface area contributed by atoms with Crippen LogP contribution in [0.5, 0.6) is 0 Å². The van der Waals surface area contributed by atoms with Crippen LogP contribution in [0.1, 0.15) is 6.42 Å². The van der Waals surface area contributed by atoms with Gasteiger partial charge in [0.15, 0.2) is 6.29 Å². The Bertz CT molecular complexity index is 167. The molecule has 0 rings (SSSR count). The molecule has 0 bridgehead atoms. The number of aliphatic hydroxyl groups is 3. The first kappa shape index (κ1) is 11.0. The summed E-state index contributed by atoms with van der Waals surface area (Å²) in [5.41, 5.74) is 0. The fourth-order valence-electron chi connectivity index (χ4n) is 0.600. The zero-order valence-electron chi connectivity index (χ0n) is 6.08. The van der Waals surface area contributed by atoms with Crippen molar-refractivity contribution in [3.63, 3.8) is 0 Å². The maximum Gasteiger partial charge on any atom is 0.151 e. The van der Waals surface area contributed by atoms with Gasteiger partial charge in [-0.2, -0.15) is 0 Å². The SMILES string of the molecule is O=C[C@H](O)[C@@H](O)[C@H](O)CC(=O)[O-]. The molecule has 0 aliphatic carbocycles. The molecule has 0 amide bonds. The number of aliphatic hydroxyl groups excluding tert-OH is 3. The van der Waals surface area contributed by atoms with E-state index in [-0.39, 0.29) is 6.29 Å². The number of hydrogen-bond donors (Lipinski definition) is 3. The van der Waals surface area contributed by atoms with Gasteiger partial charge in [-0.25, -0.2) is 0 Å². The Hall–Kier alpha value is -0.980. The van der Waals surface area contributed by atoms with Crippen molar-refractivity contribution in [2.24, 2.45) is 0 Å². The van der Waals surface area contributed by atoms with Crippen molar-refractivity contribution in [1.29, 1.82) is 0 Å². The summed E-state index contributed by atoms with van der Waals surface area (Å²) < 4.78 is 0. The van der Waals surface area contributed by atoms with Crippen LogP contribution in [-0.2, 0) is 9.59 Å². The topological polar surface area (TPSA) is 118 Å². The number of carboxylic acids is 1. The molecular weight excluding hydrogens is 168 g/mol. The zero-order chi connectivity index (χ0) is 9.72. The van der Waals surface area contributed by atoms with E-state index in [2.05, 4.69) is 0 Å². The minimum Gasteiger partial charge on any atom is -0.550 e. The van der Waals surface area contributed by atoms with E-state index in [0.717, 1.165) is 0 Å². The Labute approximate surface area is 68.1 Å². The smallest absolute Gasteiger partial charge is 0.151 e. The van der Waals surface area contributed by atoms with Crippen LogP contribution in [-0.4, -0.2) is 45.9 Å². The van der Waals surface area contributed by atoms with Gasteiger partial charge in [-0.05, 0) is 0 Å². The summed E-state index contributed by atoms with van der Waals surface area (Å²) in [4.78, 5) is 19.7. The fourth-order valence-corrected chi connectivity index (χ4v) is 0.600. The molecule has 0 heterocycles. The molecule has 0 unspecified atom stereocenters. The largest absolute Gasteiger partial charge is 0.550 e. The molecule has 3 N–H and O–H groups in total. The summed E-state index contributed by atoms with van der Waals surface area (Å²) in [6.07, 6.45) is -6.09. The standard InChI is InChI=1S/C6H10O6/c7-2-4(9)6(12)3(8)1-5(10)11/h2-4,6,8-9,12H,1H2,(H,10,11)/p-1/t3-,4+,6+/m1/s1. The minimum absolute atomic E-state index is 0.00314. The van der Waals surface area contributed by atoms with Gasteiger partial charge in [0, 0.05) is 12.4 Å². The molecule has 0 aromatic heterocycles. The van der Waals surface area contributed by atoms with Crippen LogP contribution in [0.3, 0.4) is 0 Å². The van der Waals surface area contributed by atoms with E-state index in [0.29, 0.717) is 0 Å². The van der Waals surface area contributed by atoms with Gasteiger partial charge in [0.25, 0.3) is 0 Å². The summed E-state index contributed by atoms with van der Waals surface area (Å²) in [7, 11) is 0. The highest BCUT2D eigenvalue weighted by atomic mass is 16.4. The van der Waals surface area contributed by atoms with Crippen LogP contribution in [0.2, 0.25) is 0 Å². The first-order valence-corrected chi connectivity index (χ1v) is 3.18. The van der Waals surface area contributed by atoms with Crippen molar-refractivity contribution >= 4 is 12.3 Å². The van der Waals surface area contributed by atoms with Crippen molar-refractivity contribution in [2.75, 3.05) is 0 Å². The average Bonchev–Trinajstić information content (AvgIpc) is 2.00. The van der Waals surface area contributed by atoms with Gasteiger partial charge in [0.1, 0.15) is 12.2 Å². The van der Waals surface area contributed by atoms with Gasteiger partial charge in [-0.3, -0.25) is 0 Å². The van der Waals surface area contributed by atoms with E-state index in [9.17, 15) is 14.7 Å². The van der Waals surface area contributed by atoms with Crippen molar-refractivity contribution in [3.8, 4) is 0 Å². The highest BCUT2D eigenvalue weighted by molar-refractivity contribution is 5.65. The van der Waals surface area contributed by atoms with Gasteiger partial charge < -0.3 is 30.0 Å². The Balaban J connectivity index is 3.99. The molecule has 0 aliphatic rings. The molecule has 0 aromatic rings. The van der Waals surface area contributed by atoms with E-state index in [1.54, 1.807) is 0 Å². The van der Waals surface area contributed by atoms with Gasteiger partial charge in [-0.1, -0.05) is 0 Å². The van der Waals surface area contributed by atoms with E-state index in [1.807, 2.05) is 0 Å². The molecule has 3 atom stereocenters. The molecule has 6 nitrogen and oxygen atoms in total. The van der Waals surface area contributed by atoms with E-state index in [1.165, 1.54) is 0 Å². The Morgan fingerprint density at radius 1 is 1.42 bits per heavy atom. The lowest BCUT2D eigenvalue weighted by atomic mass is 10.1. The van der Waals surface area contributed by atoms with Crippen LogP contribution in [0, 0.1) is 0 Å². The van der Waals surface area contributed by atoms with Gasteiger partial charge in [-0.15, -0.1) is 0 Å². The number of aliphatic carboxylic acids is 1. The Morgan fingerprint density at radius 2 is 1.92 bits per heavy atom. The monoisotopic (exact) mass is 177 g/mol. The molecular formula is C6H9O6-. The molecule has 0 saturated heterocycles. The summed E-state index contributed by atoms with van der Waals surface area (Å²) in [5.74, 6) is -1.57. The third kappa shape index (κ3) is 3.42. The van der Waals surface area contributed by atoms with Crippen molar-refractivity contribution < 1.29 is 30.0 Å². The highest BCUT2D eigenvalue weighted by Crippen LogP contribution is 2.01. The fraction of sp³-hybridized carbons (Fsp3) is 0.667. The average molecular weight is 177 g/mol. The molecule has 0 fully saturated rings. The molecule has 0 aromatic carbocycles. The Morgan fingerprint density at radius 3 is 2.25 bits per heavy atom. The lowest BCUT2D eigenvalue weighted by molar-refractivity contribution is -0.308. The molecule has 0 aliphatic heterocycles. The Kier molecular flexibility index (Phi) is 4.42. The van der Waals surface area contributed by atoms with Crippen molar-refractivity contribution in [1.82, 2.24) is 0 Å². The van der Waals surface area contributed by atoms with Gasteiger partial charge >= 0.3 is 0 Å². The van der Waals surface area contributed by atoms with Crippen LogP contribution in [0.25, 0.3) is 0 Å². The lowest BCUT2D eigenvalue weighted by Gasteiger charge is -2.19. The van der Waals surface area contributed by atoms with Gasteiger partial charge in [0.2, 0.25) is 0 Å². The zero-order valence-corrected chi connectivity index (χ0v) is 6.08. The number of carbonyl (C=O) groups excluding carboxylic acids is 2. The van der Waals surface area contributed by atoms with Crippen molar-refractivity contribution in [3.05, 3.63) is 0 Å². The first-order valence-electron chi connectivity index (χ1n) is 3.18. The molecule has 0 saturated carbocycles. The van der Waals surface area contributed by atoms with Crippen LogP contribution >= 0.6 is 0 Å². The summed E-state index contributed by atoms with van der Waals surface area (Å²) in [6, 6.07) is 0. The summed E-state index contributed by atoms with van der Waals surface area (Å²) in [6.45, 7) is 0. The molecule has 6 heteroatoms. The molecule has 0 spiro atoms. The number of carboxylic acid groups (broad SMARTS) is 1. The van der Waals surface area contributed by atoms with Gasteiger partial charge in [0.05, 0.1) is 6.10 Å². The third-order valence-electron chi connectivity index (χ3n) is 1.26. The van der Waals surface area contributed by atoms with E-state index >= 15 is 0 Å². The molecule has 0 radical (unpaired) electrons. The van der Waals surface area contributed by atoms with E-state index in [4.69, 9.17) is 15.3 Å². The number of carbonyl (C=O) groups is 2. The van der Waals surface area contributed by atoms with Crippen LogP contribution < -0.4 is 5.11 Å². The predicted molar refractivity (Wildman–Crippen MR) is 33.7 cm³/mol. The molecule has 70 valence electrons. The lowest BCUT2D eigenvalue weighted by Crippen LogP contribution is -2.41. The number of aldehydes is 1. The van der Waals surface area contributed by atoms with Crippen molar-refractivity contribution in [2.45, 2.75) is 24.7 Å². The van der Waals surface area contributed by atoms with E-state index < -0.39 is 30.7 Å². The first-order chi connectivity index (χ1) is 5.49. The maximum atomic E-state index is 9.87. The second-order valence-corrected chi connectivity index (χ2v) is 2.26. The molecule has 12 heavy (non-hydrogen) atoms. The second-order valence-electron chi connectivity index (χ2n) is 2.26. The summed E-state index contributed by atoms with van der Waals surface area (Å²) >= 11 is 0. The quantitative estimate of drug-likeness (QED) is 0.373.